The Bertz CT molecular complexity index is 988. The molecule has 0 bridgehead atoms. The van der Waals surface area contributed by atoms with E-state index in [1.807, 2.05) is 0 Å². The molecular formula is C19H17N3O5. The van der Waals surface area contributed by atoms with Gasteiger partial charge in [0.1, 0.15) is 11.5 Å². The first-order chi connectivity index (χ1) is 12.9. The largest absolute Gasteiger partial charge is 0.479 e. The molecule has 0 radical (unpaired) electrons. The van der Waals surface area contributed by atoms with Crippen molar-refractivity contribution in [2.24, 2.45) is 0 Å². The highest BCUT2D eigenvalue weighted by atomic mass is 16.5. The number of nitrogens with zero attached hydrogens (tertiary/aromatic N) is 2. The van der Waals surface area contributed by atoms with Crippen molar-refractivity contribution in [3.63, 3.8) is 0 Å². The monoisotopic (exact) mass is 367 g/mol. The van der Waals surface area contributed by atoms with Gasteiger partial charge in [-0.3, -0.25) is 4.79 Å². The van der Waals surface area contributed by atoms with E-state index in [4.69, 9.17) is 14.6 Å². The predicted octanol–water partition coefficient (Wildman–Crippen LogP) is 3.23. The Labute approximate surface area is 154 Å². The van der Waals surface area contributed by atoms with Gasteiger partial charge < -0.3 is 19.9 Å². The summed E-state index contributed by atoms with van der Waals surface area (Å²) < 4.78 is 10.9. The van der Waals surface area contributed by atoms with E-state index >= 15 is 0 Å². The molecule has 0 spiro atoms. The minimum atomic E-state index is -1.04. The van der Waals surface area contributed by atoms with Crippen LogP contribution in [-0.2, 0) is 9.59 Å². The van der Waals surface area contributed by atoms with Gasteiger partial charge in [0.25, 0.3) is 0 Å². The number of nitrogens with one attached hydrogen (secondary N) is 1. The highest BCUT2D eigenvalue weighted by Gasteiger charge is 2.12. The van der Waals surface area contributed by atoms with Crippen LogP contribution in [0.4, 0.5) is 5.69 Å². The molecule has 1 amide bonds. The van der Waals surface area contributed by atoms with Crippen molar-refractivity contribution < 1.29 is 24.2 Å². The van der Waals surface area contributed by atoms with Crippen molar-refractivity contribution in [3.8, 4) is 17.4 Å². The van der Waals surface area contributed by atoms with E-state index in [0.717, 1.165) is 0 Å². The van der Waals surface area contributed by atoms with Crippen molar-refractivity contribution in [1.29, 1.82) is 0 Å². The predicted molar refractivity (Wildman–Crippen MR) is 98.1 cm³/mol. The lowest BCUT2D eigenvalue weighted by molar-refractivity contribution is -0.144. The van der Waals surface area contributed by atoms with Crippen LogP contribution >= 0.6 is 0 Å². The molecule has 8 heteroatoms. The summed E-state index contributed by atoms with van der Waals surface area (Å²) in [5.41, 5.74) is 1.87. The number of rotatable bonds is 6. The second kappa shape index (κ2) is 7.69. The minimum Gasteiger partial charge on any atom is -0.479 e. The van der Waals surface area contributed by atoms with Crippen LogP contribution in [0.1, 0.15) is 13.8 Å². The van der Waals surface area contributed by atoms with Gasteiger partial charge in [0.15, 0.2) is 6.10 Å². The number of amides is 1. The lowest BCUT2D eigenvalue weighted by Gasteiger charge is -2.11. The summed E-state index contributed by atoms with van der Waals surface area (Å²) in [5, 5.41) is 11.6. The number of carbonyl (C=O) groups is 2. The number of carboxylic acids is 1. The summed E-state index contributed by atoms with van der Waals surface area (Å²) in [6, 6.07) is 11.7. The van der Waals surface area contributed by atoms with Crippen LogP contribution < -0.4 is 14.8 Å². The molecule has 1 heterocycles. The van der Waals surface area contributed by atoms with Gasteiger partial charge >= 0.3 is 5.97 Å². The van der Waals surface area contributed by atoms with Gasteiger partial charge in [-0.25, -0.2) is 14.8 Å². The van der Waals surface area contributed by atoms with Crippen molar-refractivity contribution in [1.82, 2.24) is 9.97 Å². The summed E-state index contributed by atoms with van der Waals surface area (Å²) in [4.78, 5) is 30.7. The van der Waals surface area contributed by atoms with Crippen LogP contribution in [0.25, 0.3) is 11.0 Å². The SMILES string of the molecule is CC(=O)Nc1ccc2ncc(Oc3ccc(O[C@H](C)C(=O)O)cc3)nc2c1. The third-order valence-electron chi connectivity index (χ3n) is 3.55. The Morgan fingerprint density at radius 3 is 2.44 bits per heavy atom. The Hall–Kier alpha value is -3.68. The molecule has 0 fully saturated rings. The maximum Gasteiger partial charge on any atom is 0.344 e. The molecule has 2 N–H and O–H groups in total. The Balaban J connectivity index is 1.75. The number of carboxylic acid groups (broad SMARTS) is 1. The van der Waals surface area contributed by atoms with E-state index in [-0.39, 0.29) is 11.8 Å². The molecule has 0 unspecified atom stereocenters. The lowest BCUT2D eigenvalue weighted by Crippen LogP contribution is -2.22. The fraction of sp³-hybridized carbons (Fsp3) is 0.158. The summed E-state index contributed by atoms with van der Waals surface area (Å²) in [6.07, 6.45) is 0.554. The van der Waals surface area contributed by atoms with Crippen molar-refractivity contribution in [2.45, 2.75) is 20.0 Å². The molecule has 8 nitrogen and oxygen atoms in total. The van der Waals surface area contributed by atoms with Crippen LogP contribution in [0.5, 0.6) is 17.4 Å². The first kappa shape index (κ1) is 18.1. The van der Waals surface area contributed by atoms with Crippen LogP contribution in [0, 0.1) is 0 Å². The Morgan fingerprint density at radius 2 is 1.78 bits per heavy atom. The summed E-state index contributed by atoms with van der Waals surface area (Å²) >= 11 is 0. The van der Waals surface area contributed by atoms with E-state index in [9.17, 15) is 9.59 Å². The molecule has 3 aromatic rings. The fourth-order valence-corrected chi connectivity index (χ4v) is 2.29. The number of ether oxygens (including phenoxy) is 2. The minimum absolute atomic E-state index is 0.172. The average Bonchev–Trinajstić information content (AvgIpc) is 2.62. The third kappa shape index (κ3) is 4.69. The third-order valence-corrected chi connectivity index (χ3v) is 3.55. The lowest BCUT2D eigenvalue weighted by atomic mass is 10.2. The molecular weight excluding hydrogens is 350 g/mol. The van der Waals surface area contributed by atoms with Gasteiger partial charge in [-0.2, -0.15) is 0 Å². The van der Waals surface area contributed by atoms with Gasteiger partial charge in [-0.15, -0.1) is 0 Å². The molecule has 0 aliphatic rings. The summed E-state index contributed by atoms with van der Waals surface area (Å²) in [7, 11) is 0. The van der Waals surface area contributed by atoms with E-state index in [0.29, 0.717) is 28.2 Å². The van der Waals surface area contributed by atoms with Gasteiger partial charge in [-0.1, -0.05) is 0 Å². The number of hydrogen-bond acceptors (Lipinski definition) is 6. The second-order valence-electron chi connectivity index (χ2n) is 5.76. The average molecular weight is 367 g/mol. The van der Waals surface area contributed by atoms with Crippen LogP contribution in [-0.4, -0.2) is 33.1 Å². The maximum absolute atomic E-state index is 11.2. The van der Waals surface area contributed by atoms with Crippen molar-refractivity contribution in [2.75, 3.05) is 5.32 Å². The molecule has 3 rings (SSSR count). The molecule has 0 saturated heterocycles. The number of benzene rings is 2. The standard InChI is InChI=1S/C19H17N3O5/c1-11(19(24)25)26-14-4-6-15(7-5-14)27-18-10-20-16-8-3-13(21-12(2)23)9-17(16)22-18/h3-11H,1-2H3,(H,21,23)(H,24,25)/t11-/m1/s1. The summed E-state index contributed by atoms with van der Waals surface area (Å²) in [5.74, 6) is -0.0107. The maximum atomic E-state index is 11.2. The fourth-order valence-electron chi connectivity index (χ4n) is 2.29. The number of anilines is 1. The highest BCUT2D eigenvalue weighted by molar-refractivity contribution is 5.91. The molecule has 27 heavy (non-hydrogen) atoms. The number of hydrogen-bond donors (Lipinski definition) is 2. The van der Waals surface area contributed by atoms with E-state index in [1.165, 1.54) is 20.0 Å². The molecule has 0 saturated carbocycles. The van der Waals surface area contributed by atoms with E-state index in [1.54, 1.807) is 42.5 Å². The second-order valence-corrected chi connectivity index (χ2v) is 5.76. The smallest absolute Gasteiger partial charge is 0.344 e. The molecule has 0 aliphatic heterocycles. The van der Waals surface area contributed by atoms with E-state index in [2.05, 4.69) is 15.3 Å². The Kier molecular flexibility index (Phi) is 5.16. The summed E-state index contributed by atoms with van der Waals surface area (Å²) in [6.45, 7) is 2.88. The van der Waals surface area contributed by atoms with Crippen LogP contribution in [0.2, 0.25) is 0 Å². The topological polar surface area (TPSA) is 111 Å². The Morgan fingerprint density at radius 1 is 1.07 bits per heavy atom. The normalized spacial score (nSPS) is 11.6. The quantitative estimate of drug-likeness (QED) is 0.688. The highest BCUT2D eigenvalue weighted by Crippen LogP contribution is 2.25. The molecule has 138 valence electrons. The zero-order valence-electron chi connectivity index (χ0n) is 14.7. The number of fused-ring (bicyclic) bond motifs is 1. The van der Waals surface area contributed by atoms with Crippen molar-refractivity contribution >= 4 is 28.6 Å². The first-order valence-electron chi connectivity index (χ1n) is 8.12. The molecule has 1 atom stereocenters. The number of aromatic nitrogens is 2. The molecule has 1 aromatic heterocycles. The zero-order valence-corrected chi connectivity index (χ0v) is 14.7. The van der Waals surface area contributed by atoms with Gasteiger partial charge in [0.05, 0.1) is 17.2 Å². The van der Waals surface area contributed by atoms with E-state index < -0.39 is 12.1 Å². The molecule has 2 aromatic carbocycles. The van der Waals surface area contributed by atoms with Gasteiger partial charge in [0.2, 0.25) is 11.8 Å². The van der Waals surface area contributed by atoms with Crippen molar-refractivity contribution in [3.05, 3.63) is 48.7 Å². The van der Waals surface area contributed by atoms with Gasteiger partial charge in [0, 0.05) is 12.6 Å². The van der Waals surface area contributed by atoms with Crippen LogP contribution in [0.3, 0.4) is 0 Å². The number of aliphatic carboxylic acids is 1. The molecule has 0 aliphatic carbocycles. The first-order valence-corrected chi connectivity index (χ1v) is 8.12. The number of carbonyl (C=O) groups excluding carboxylic acids is 1. The zero-order chi connectivity index (χ0) is 19.4. The van der Waals surface area contributed by atoms with Crippen LogP contribution in [0.15, 0.2) is 48.7 Å². The van der Waals surface area contributed by atoms with Gasteiger partial charge in [-0.05, 0) is 49.4 Å².